The highest BCUT2D eigenvalue weighted by atomic mass is 16.8. The Morgan fingerprint density at radius 3 is 1.76 bits per heavy atom. The van der Waals surface area contributed by atoms with Crippen LogP contribution in [0.1, 0.15) is 92.4 Å². The molecule has 8 fully saturated rings. The molecule has 0 radical (unpaired) electrons. The minimum absolute atomic E-state index is 0.131. The number of carbonyl (C=O) groups excluding carboxylic acids is 2. The Morgan fingerprint density at radius 2 is 1.15 bits per heavy atom. The number of aliphatic hydroxyl groups is 15. The SMILES string of the molecule is COC(=O)[C@@]1(C)CC[C@]2(C(=O)O[C@@H]3O[C@H](CO)[C@@H](O)[C@H](O)[C@H]3O)CC[C@]3(C)C(=CC[C@@H]4[C@@]5(C)C[C@H](O)[C@H](O[C@@H]6O[C@H](CO)[C@@H](O[C@@H]7OC[C@@H](O[C@@H]8O[C@H](CO)[C@@H](O)[C@H](O)[C@H]8O)[C@H](O)[C@H]7O)[C@H](O)[C@H]6O)[C@@](C)(CO)[C@@H]5CC[C@]43C)[C@@H]2C1. The molecule has 0 bridgehead atoms. The van der Waals surface area contributed by atoms with Crippen molar-refractivity contribution in [1.82, 2.24) is 0 Å². The minimum atomic E-state index is -1.92. The fourth-order valence-corrected chi connectivity index (χ4v) is 16.6. The van der Waals surface area contributed by atoms with Gasteiger partial charge in [0.1, 0.15) is 91.6 Å². The summed E-state index contributed by atoms with van der Waals surface area (Å²) >= 11 is 0. The predicted octanol–water partition coefficient (Wildman–Crippen LogP) is -4.30. The maximum absolute atomic E-state index is 14.9. The van der Waals surface area contributed by atoms with Gasteiger partial charge >= 0.3 is 11.9 Å². The number of esters is 2. The van der Waals surface area contributed by atoms with Gasteiger partial charge in [-0.25, -0.2) is 0 Å². The quantitative estimate of drug-likeness (QED) is 0.0471. The van der Waals surface area contributed by atoms with E-state index in [-0.39, 0.29) is 37.5 Å². The van der Waals surface area contributed by atoms with Crippen LogP contribution in [0.15, 0.2) is 11.6 Å². The third-order valence-corrected chi connectivity index (χ3v) is 21.6. The number of fused-ring (bicyclic) bond motifs is 7. The fourth-order valence-electron chi connectivity index (χ4n) is 16.6. The number of rotatable bonds is 13. The Balaban J connectivity index is 0.913. The molecule has 80 heavy (non-hydrogen) atoms. The van der Waals surface area contributed by atoms with Crippen LogP contribution in [0.25, 0.3) is 0 Å². The molecule has 0 amide bonds. The molecule has 0 unspecified atom stereocenters. The second kappa shape index (κ2) is 22.9. The zero-order chi connectivity index (χ0) is 58.6. The molecular formula is C54H86O26. The number of hydrogen-bond donors (Lipinski definition) is 15. The Hall–Kier alpha value is -2.20. The summed E-state index contributed by atoms with van der Waals surface area (Å²) < 4.78 is 51.8. The fraction of sp³-hybridized carbons (Fsp3) is 0.926. The molecule has 9 aliphatic rings. The summed E-state index contributed by atoms with van der Waals surface area (Å²) in [6.07, 6.45) is -29.0. The van der Waals surface area contributed by atoms with E-state index < -0.39 is 212 Å². The van der Waals surface area contributed by atoms with Crippen LogP contribution in [0.3, 0.4) is 0 Å². The average molecular weight is 1150 g/mol. The van der Waals surface area contributed by atoms with Crippen molar-refractivity contribution >= 4 is 11.9 Å². The largest absolute Gasteiger partial charge is 0.469 e. The molecule has 15 N–H and O–H groups in total. The van der Waals surface area contributed by atoms with Crippen molar-refractivity contribution in [2.75, 3.05) is 40.1 Å². The zero-order valence-electron chi connectivity index (χ0n) is 46.0. The highest BCUT2D eigenvalue weighted by molar-refractivity contribution is 5.81. The van der Waals surface area contributed by atoms with Gasteiger partial charge in [-0.15, -0.1) is 0 Å². The summed E-state index contributed by atoms with van der Waals surface area (Å²) in [5.74, 6) is -2.14. The molecule has 26 heteroatoms. The molecule has 4 saturated heterocycles. The molecule has 4 heterocycles. The van der Waals surface area contributed by atoms with Gasteiger partial charge < -0.3 is 119 Å². The lowest BCUT2D eigenvalue weighted by molar-refractivity contribution is -0.375. The lowest BCUT2D eigenvalue weighted by Gasteiger charge is -2.71. The number of ether oxygens (including phenoxy) is 9. The van der Waals surface area contributed by atoms with Gasteiger partial charge in [-0.05, 0) is 98.7 Å². The van der Waals surface area contributed by atoms with Crippen molar-refractivity contribution in [3.63, 3.8) is 0 Å². The molecule has 458 valence electrons. The van der Waals surface area contributed by atoms with Crippen LogP contribution >= 0.6 is 0 Å². The van der Waals surface area contributed by atoms with Gasteiger partial charge in [0.05, 0.1) is 63.2 Å². The Labute approximate surface area is 463 Å². The highest BCUT2D eigenvalue weighted by Gasteiger charge is 2.72. The highest BCUT2D eigenvalue weighted by Crippen LogP contribution is 2.76. The van der Waals surface area contributed by atoms with Crippen LogP contribution in [0, 0.1) is 50.2 Å². The lowest BCUT2D eigenvalue weighted by Crippen LogP contribution is -2.70. The van der Waals surface area contributed by atoms with Gasteiger partial charge in [0, 0.05) is 5.41 Å². The van der Waals surface area contributed by atoms with Gasteiger partial charge in [0.2, 0.25) is 6.29 Å². The standard InChI is InChI=1S/C54H86O26/c1-49(47(70)72-6)11-13-54(48(71)80-46-39(68)35(64)32(61)26(18-56)75-46)14-12-52(4)22(23(54)15-49)7-8-30-50(2)16-24(59)42(51(3,21-58)29(50)9-10-53(30,52)5)79-45-40(69)36(65)41(27(19-57)76-45)78-43-37(66)33(62)28(20-73-43)77-44-38(67)34(63)31(60)25(17-55)74-44/h7,23-46,55-69H,8-21H2,1-6H3/t23-,24-,25+,26+,27+,28+,29+,30+,31+,32+,33-,34-,35-,36+,37+,38+,39+,40+,41+,42-,43-,44-,45-,46-,49-,50-,51-,52+,53+,54-/m0/s1. The van der Waals surface area contributed by atoms with Crippen LogP contribution < -0.4 is 0 Å². The van der Waals surface area contributed by atoms with E-state index in [2.05, 4.69) is 26.8 Å². The normalized spacial score (nSPS) is 54.2. The average Bonchev–Trinajstić information content (AvgIpc) is 2.22. The van der Waals surface area contributed by atoms with Gasteiger partial charge in [0.25, 0.3) is 0 Å². The van der Waals surface area contributed by atoms with Crippen LogP contribution in [0.4, 0.5) is 0 Å². The van der Waals surface area contributed by atoms with E-state index in [0.29, 0.717) is 32.1 Å². The molecule has 5 aliphatic carbocycles. The van der Waals surface area contributed by atoms with E-state index >= 15 is 0 Å². The van der Waals surface area contributed by atoms with E-state index in [0.717, 1.165) is 5.57 Å². The molecule has 0 spiro atoms. The molecule has 30 atom stereocenters. The minimum Gasteiger partial charge on any atom is -0.469 e. The Kier molecular flexibility index (Phi) is 17.8. The van der Waals surface area contributed by atoms with Crippen molar-refractivity contribution in [2.45, 2.75) is 221 Å². The number of aliphatic hydroxyl groups excluding tert-OH is 15. The number of methoxy groups -OCH3 is 1. The van der Waals surface area contributed by atoms with Gasteiger partial charge in [-0.2, -0.15) is 0 Å². The summed E-state index contributed by atoms with van der Waals surface area (Å²) in [4.78, 5) is 28.4. The van der Waals surface area contributed by atoms with Crippen LogP contribution in [-0.4, -0.2) is 258 Å². The molecule has 0 aromatic heterocycles. The van der Waals surface area contributed by atoms with Crippen LogP contribution in [0.2, 0.25) is 0 Å². The molecular weight excluding hydrogens is 1060 g/mol. The summed E-state index contributed by atoms with van der Waals surface area (Å²) in [5, 5.41) is 162. The topological polar surface area (TPSA) is 421 Å². The summed E-state index contributed by atoms with van der Waals surface area (Å²) in [6.45, 7) is 6.84. The zero-order valence-corrected chi connectivity index (χ0v) is 46.0. The van der Waals surface area contributed by atoms with Crippen LogP contribution in [-0.2, 0) is 52.2 Å². The van der Waals surface area contributed by atoms with Crippen molar-refractivity contribution in [3.8, 4) is 0 Å². The third-order valence-electron chi connectivity index (χ3n) is 21.6. The summed E-state index contributed by atoms with van der Waals surface area (Å²) in [5.41, 5.74) is -4.21. The van der Waals surface area contributed by atoms with E-state index in [1.54, 1.807) is 6.92 Å². The number of hydrogen-bond acceptors (Lipinski definition) is 26. The van der Waals surface area contributed by atoms with E-state index in [1.165, 1.54) is 7.11 Å². The van der Waals surface area contributed by atoms with E-state index in [9.17, 15) is 86.2 Å². The predicted molar refractivity (Wildman–Crippen MR) is 266 cm³/mol. The molecule has 9 rings (SSSR count). The number of carbonyl (C=O) groups is 2. The maximum Gasteiger partial charge on any atom is 0.315 e. The Morgan fingerprint density at radius 1 is 0.588 bits per heavy atom. The van der Waals surface area contributed by atoms with Crippen molar-refractivity contribution < 1.29 is 129 Å². The lowest BCUT2D eigenvalue weighted by atomic mass is 9.33. The third kappa shape index (κ3) is 9.82. The van der Waals surface area contributed by atoms with Crippen molar-refractivity contribution in [2.24, 2.45) is 50.2 Å². The molecule has 4 saturated carbocycles. The summed E-state index contributed by atoms with van der Waals surface area (Å²) in [6, 6.07) is 0. The molecule has 4 aliphatic heterocycles. The molecule has 0 aromatic rings. The monoisotopic (exact) mass is 1150 g/mol. The maximum atomic E-state index is 14.9. The number of allylic oxidation sites excluding steroid dienone is 2. The first-order valence-corrected chi connectivity index (χ1v) is 28.1. The van der Waals surface area contributed by atoms with Crippen molar-refractivity contribution in [3.05, 3.63) is 11.6 Å². The molecule has 0 aromatic carbocycles. The first-order chi connectivity index (χ1) is 37.6. The van der Waals surface area contributed by atoms with E-state index in [1.807, 2.05) is 6.92 Å². The first kappa shape index (κ1) is 62.3. The Bertz CT molecular complexity index is 2240. The van der Waals surface area contributed by atoms with E-state index in [4.69, 9.17) is 42.6 Å². The molecule has 26 nitrogen and oxygen atoms in total. The van der Waals surface area contributed by atoms with Gasteiger partial charge in [-0.3, -0.25) is 9.59 Å². The first-order valence-electron chi connectivity index (χ1n) is 28.1. The second-order valence-corrected chi connectivity index (χ2v) is 25.7. The second-order valence-electron chi connectivity index (χ2n) is 25.7. The smallest absolute Gasteiger partial charge is 0.315 e. The van der Waals surface area contributed by atoms with Gasteiger partial charge in [-0.1, -0.05) is 39.3 Å². The van der Waals surface area contributed by atoms with Crippen LogP contribution in [0.5, 0.6) is 0 Å². The van der Waals surface area contributed by atoms with Crippen molar-refractivity contribution in [1.29, 1.82) is 0 Å². The van der Waals surface area contributed by atoms with Gasteiger partial charge in [0.15, 0.2) is 18.9 Å². The summed E-state index contributed by atoms with van der Waals surface area (Å²) in [7, 11) is 1.32.